The van der Waals surface area contributed by atoms with Crippen LogP contribution < -0.4 is 5.56 Å². The highest BCUT2D eigenvalue weighted by Crippen LogP contribution is 2.29. The fourth-order valence-electron chi connectivity index (χ4n) is 1.79. The number of nitrogens with zero attached hydrogens (tertiary/aromatic N) is 1. The van der Waals surface area contributed by atoms with Crippen LogP contribution in [0, 0.1) is 6.92 Å². The maximum Gasteiger partial charge on any atom is 0.254 e. The summed E-state index contributed by atoms with van der Waals surface area (Å²) >= 11 is 1.67. The zero-order valence-electron chi connectivity index (χ0n) is 9.57. The third-order valence-corrected chi connectivity index (χ3v) is 3.43. The average Bonchev–Trinajstić information content (AvgIpc) is 2.63. The first-order chi connectivity index (χ1) is 7.61. The number of aromatic nitrogens is 2. The quantitative estimate of drug-likeness (QED) is 0.868. The summed E-state index contributed by atoms with van der Waals surface area (Å²) in [6.07, 6.45) is 1.47. The van der Waals surface area contributed by atoms with Crippen LogP contribution in [0.15, 0.2) is 22.6 Å². The van der Waals surface area contributed by atoms with Crippen molar-refractivity contribution in [2.24, 2.45) is 0 Å². The molecule has 0 atom stereocenters. The molecule has 0 saturated carbocycles. The lowest BCUT2D eigenvalue weighted by atomic mass is 9.99. The number of hydrogen-bond acceptors (Lipinski definition) is 3. The van der Waals surface area contributed by atoms with Crippen LogP contribution in [0.1, 0.15) is 30.2 Å². The van der Waals surface area contributed by atoms with Crippen molar-refractivity contribution >= 4 is 11.3 Å². The molecule has 0 aliphatic heterocycles. The molecule has 2 aromatic heterocycles. The van der Waals surface area contributed by atoms with Crippen molar-refractivity contribution in [1.82, 2.24) is 9.97 Å². The fraction of sp³-hybridized carbons (Fsp3) is 0.333. The predicted molar refractivity (Wildman–Crippen MR) is 67.0 cm³/mol. The van der Waals surface area contributed by atoms with Gasteiger partial charge in [0, 0.05) is 16.0 Å². The molecule has 0 radical (unpaired) electrons. The van der Waals surface area contributed by atoms with E-state index in [0.29, 0.717) is 0 Å². The van der Waals surface area contributed by atoms with E-state index in [-0.39, 0.29) is 11.5 Å². The maximum atomic E-state index is 11.8. The van der Waals surface area contributed by atoms with Gasteiger partial charge in [0.25, 0.3) is 5.56 Å². The van der Waals surface area contributed by atoms with E-state index < -0.39 is 0 Å². The lowest BCUT2D eigenvalue weighted by molar-refractivity contribution is 0.833. The summed E-state index contributed by atoms with van der Waals surface area (Å²) in [6.45, 7) is 6.07. The van der Waals surface area contributed by atoms with Crippen molar-refractivity contribution in [2.45, 2.75) is 26.7 Å². The second-order valence-electron chi connectivity index (χ2n) is 4.04. The standard InChI is InChI=1S/C12H14N2OS/c1-7(2)10-11(13-6-14-12(10)15)9-4-5-16-8(9)3/h4-7H,1-3H3,(H,13,14,15). The normalized spacial score (nSPS) is 11.0. The SMILES string of the molecule is Cc1sccc1-c1nc[nH]c(=O)c1C(C)C. The number of hydrogen-bond donors (Lipinski definition) is 1. The Morgan fingerprint density at radius 1 is 1.44 bits per heavy atom. The molecule has 2 heterocycles. The van der Waals surface area contributed by atoms with Gasteiger partial charge in [0.1, 0.15) is 0 Å². The second kappa shape index (κ2) is 4.22. The number of aryl methyl sites for hydroxylation is 1. The summed E-state index contributed by atoms with van der Waals surface area (Å²) in [5.41, 5.74) is 2.62. The van der Waals surface area contributed by atoms with Crippen molar-refractivity contribution in [3.63, 3.8) is 0 Å². The minimum Gasteiger partial charge on any atom is -0.313 e. The summed E-state index contributed by atoms with van der Waals surface area (Å²) in [7, 11) is 0. The Hall–Kier alpha value is -1.42. The molecule has 0 aromatic carbocycles. The van der Waals surface area contributed by atoms with Crippen molar-refractivity contribution < 1.29 is 0 Å². The Labute approximate surface area is 98.2 Å². The molecule has 0 aliphatic rings. The van der Waals surface area contributed by atoms with Gasteiger partial charge in [-0.3, -0.25) is 4.79 Å². The van der Waals surface area contributed by atoms with E-state index in [1.165, 1.54) is 11.2 Å². The highest BCUT2D eigenvalue weighted by molar-refractivity contribution is 7.10. The monoisotopic (exact) mass is 234 g/mol. The average molecular weight is 234 g/mol. The molecule has 0 aliphatic carbocycles. The summed E-state index contributed by atoms with van der Waals surface area (Å²) in [5, 5.41) is 2.03. The van der Waals surface area contributed by atoms with Crippen LogP contribution in [-0.4, -0.2) is 9.97 Å². The van der Waals surface area contributed by atoms with Gasteiger partial charge in [-0.2, -0.15) is 0 Å². The molecule has 0 unspecified atom stereocenters. The molecule has 0 spiro atoms. The molecule has 2 rings (SSSR count). The number of rotatable bonds is 2. The molecule has 0 amide bonds. The van der Waals surface area contributed by atoms with Crippen molar-refractivity contribution in [3.8, 4) is 11.3 Å². The van der Waals surface area contributed by atoms with Gasteiger partial charge in [-0.05, 0) is 24.3 Å². The minimum atomic E-state index is -0.0365. The molecule has 2 aromatic rings. The van der Waals surface area contributed by atoms with Gasteiger partial charge < -0.3 is 4.98 Å². The Bertz CT molecular complexity index is 554. The van der Waals surface area contributed by atoms with Gasteiger partial charge in [-0.25, -0.2) is 4.98 Å². The first kappa shape index (κ1) is 11.1. The number of nitrogens with one attached hydrogen (secondary N) is 1. The largest absolute Gasteiger partial charge is 0.313 e. The van der Waals surface area contributed by atoms with Crippen LogP contribution in [0.25, 0.3) is 11.3 Å². The summed E-state index contributed by atoms with van der Waals surface area (Å²) < 4.78 is 0. The van der Waals surface area contributed by atoms with Crippen LogP contribution in [-0.2, 0) is 0 Å². The van der Waals surface area contributed by atoms with Gasteiger partial charge in [0.2, 0.25) is 0 Å². The van der Waals surface area contributed by atoms with E-state index in [1.807, 2.05) is 32.2 Å². The highest BCUT2D eigenvalue weighted by Gasteiger charge is 2.15. The van der Waals surface area contributed by atoms with Gasteiger partial charge in [0.05, 0.1) is 12.0 Å². The number of aromatic amines is 1. The van der Waals surface area contributed by atoms with E-state index in [4.69, 9.17) is 0 Å². The molecule has 0 fully saturated rings. The summed E-state index contributed by atoms with van der Waals surface area (Å²) in [5.74, 6) is 0.173. The van der Waals surface area contributed by atoms with Crippen LogP contribution >= 0.6 is 11.3 Å². The van der Waals surface area contributed by atoms with E-state index in [9.17, 15) is 4.79 Å². The van der Waals surface area contributed by atoms with Gasteiger partial charge in [0.15, 0.2) is 0 Å². The molecule has 3 nitrogen and oxygen atoms in total. The van der Waals surface area contributed by atoms with E-state index in [2.05, 4.69) is 9.97 Å². The third-order valence-electron chi connectivity index (χ3n) is 2.58. The first-order valence-electron chi connectivity index (χ1n) is 5.23. The Kier molecular flexibility index (Phi) is 2.92. The molecule has 0 saturated heterocycles. The smallest absolute Gasteiger partial charge is 0.254 e. The zero-order valence-corrected chi connectivity index (χ0v) is 10.4. The predicted octanol–water partition coefficient (Wildman–Crippen LogP) is 2.93. The lowest BCUT2D eigenvalue weighted by Crippen LogP contribution is -2.16. The van der Waals surface area contributed by atoms with Crippen molar-refractivity contribution in [1.29, 1.82) is 0 Å². The molecular formula is C12H14N2OS. The molecule has 16 heavy (non-hydrogen) atoms. The van der Waals surface area contributed by atoms with Crippen molar-refractivity contribution in [2.75, 3.05) is 0 Å². The van der Waals surface area contributed by atoms with Gasteiger partial charge in [-0.15, -0.1) is 11.3 Å². The number of thiophene rings is 1. The minimum absolute atomic E-state index is 0.0365. The highest BCUT2D eigenvalue weighted by atomic mass is 32.1. The van der Waals surface area contributed by atoms with E-state index in [1.54, 1.807) is 11.3 Å². The number of H-pyrrole nitrogens is 1. The third kappa shape index (κ3) is 1.80. The van der Waals surface area contributed by atoms with Crippen LogP contribution in [0.4, 0.5) is 0 Å². The lowest BCUT2D eigenvalue weighted by Gasteiger charge is -2.09. The molecular weight excluding hydrogens is 220 g/mol. The van der Waals surface area contributed by atoms with Crippen LogP contribution in [0.2, 0.25) is 0 Å². The topological polar surface area (TPSA) is 45.8 Å². The molecule has 0 bridgehead atoms. The van der Waals surface area contributed by atoms with Crippen LogP contribution in [0.5, 0.6) is 0 Å². The van der Waals surface area contributed by atoms with E-state index in [0.717, 1.165) is 16.8 Å². The maximum absolute atomic E-state index is 11.8. The van der Waals surface area contributed by atoms with Gasteiger partial charge in [-0.1, -0.05) is 13.8 Å². The molecule has 4 heteroatoms. The first-order valence-corrected chi connectivity index (χ1v) is 6.11. The zero-order chi connectivity index (χ0) is 11.7. The van der Waals surface area contributed by atoms with Gasteiger partial charge >= 0.3 is 0 Å². The van der Waals surface area contributed by atoms with Crippen molar-refractivity contribution in [3.05, 3.63) is 38.6 Å². The second-order valence-corrected chi connectivity index (χ2v) is 5.16. The van der Waals surface area contributed by atoms with E-state index >= 15 is 0 Å². The Morgan fingerprint density at radius 2 is 2.19 bits per heavy atom. The van der Waals surface area contributed by atoms with Crippen LogP contribution in [0.3, 0.4) is 0 Å². The Balaban J connectivity index is 2.71. The molecule has 1 N–H and O–H groups in total. The molecule has 84 valence electrons. The summed E-state index contributed by atoms with van der Waals surface area (Å²) in [4.78, 5) is 19.9. The Morgan fingerprint density at radius 3 is 2.75 bits per heavy atom. The summed E-state index contributed by atoms with van der Waals surface area (Å²) in [6, 6.07) is 2.02. The fourth-order valence-corrected chi connectivity index (χ4v) is 2.49.